The van der Waals surface area contributed by atoms with Gasteiger partial charge in [0.2, 0.25) is 0 Å². The van der Waals surface area contributed by atoms with Crippen molar-refractivity contribution >= 4 is 35.1 Å². The van der Waals surface area contributed by atoms with E-state index < -0.39 is 5.92 Å². The SMILES string of the molecule is [B]C(=N)/C=C(/Br)Nc1ccc(C(C)(F)F)cc1. The minimum Gasteiger partial charge on any atom is -0.350 e. The lowest BCUT2D eigenvalue weighted by Crippen LogP contribution is -2.06. The van der Waals surface area contributed by atoms with E-state index in [9.17, 15) is 8.78 Å². The highest BCUT2D eigenvalue weighted by Crippen LogP contribution is 2.28. The van der Waals surface area contributed by atoms with Gasteiger partial charge in [-0.1, -0.05) is 12.1 Å². The fraction of sp³-hybridized carbons (Fsp3) is 0.182. The van der Waals surface area contributed by atoms with Crippen molar-refractivity contribution in [2.45, 2.75) is 12.8 Å². The van der Waals surface area contributed by atoms with Gasteiger partial charge < -0.3 is 10.7 Å². The number of hydrogen-bond donors (Lipinski definition) is 2. The molecule has 1 aromatic rings. The molecule has 1 rings (SSSR count). The first kappa shape index (κ1) is 13.9. The third-order valence-electron chi connectivity index (χ3n) is 1.94. The van der Waals surface area contributed by atoms with Crippen LogP contribution < -0.4 is 5.32 Å². The molecule has 0 aromatic heterocycles. The van der Waals surface area contributed by atoms with Gasteiger partial charge in [0.15, 0.2) is 0 Å². The van der Waals surface area contributed by atoms with Gasteiger partial charge in [0.05, 0.1) is 4.61 Å². The van der Waals surface area contributed by atoms with Crippen LogP contribution in [0.5, 0.6) is 0 Å². The highest BCUT2D eigenvalue weighted by atomic mass is 79.9. The fourth-order valence-corrected chi connectivity index (χ4v) is 1.63. The molecule has 0 saturated carbocycles. The molecular weight excluding hydrogens is 289 g/mol. The third kappa shape index (κ3) is 4.69. The maximum absolute atomic E-state index is 12.9. The van der Waals surface area contributed by atoms with Gasteiger partial charge in [-0.2, -0.15) is 0 Å². The van der Waals surface area contributed by atoms with Crippen molar-refractivity contribution in [2.75, 3.05) is 5.32 Å². The second kappa shape index (κ2) is 5.45. The second-order valence-electron chi connectivity index (χ2n) is 3.54. The average molecular weight is 299 g/mol. The normalized spacial score (nSPS) is 12.4. The second-order valence-corrected chi connectivity index (χ2v) is 4.39. The van der Waals surface area contributed by atoms with Crippen LogP contribution in [0.15, 0.2) is 34.9 Å². The molecule has 1 aromatic carbocycles. The molecule has 0 aliphatic heterocycles. The zero-order valence-electron chi connectivity index (χ0n) is 9.10. The van der Waals surface area contributed by atoms with Gasteiger partial charge in [-0.15, -0.1) is 0 Å². The Kier molecular flexibility index (Phi) is 4.45. The predicted octanol–water partition coefficient (Wildman–Crippen LogP) is 3.59. The molecule has 0 unspecified atom stereocenters. The summed E-state index contributed by atoms with van der Waals surface area (Å²) in [5.74, 6) is -2.84. The van der Waals surface area contributed by atoms with Crippen molar-refractivity contribution in [3.05, 3.63) is 40.5 Å². The minimum absolute atomic E-state index is 0.0466. The van der Waals surface area contributed by atoms with Crippen LogP contribution in [0.1, 0.15) is 12.5 Å². The lowest BCUT2D eigenvalue weighted by molar-refractivity contribution is 0.0175. The summed E-state index contributed by atoms with van der Waals surface area (Å²) in [6.07, 6.45) is 1.36. The predicted molar refractivity (Wildman–Crippen MR) is 70.1 cm³/mol. The Bertz CT molecular complexity index is 438. The van der Waals surface area contributed by atoms with E-state index in [1.165, 1.54) is 30.3 Å². The zero-order valence-corrected chi connectivity index (χ0v) is 10.7. The van der Waals surface area contributed by atoms with Crippen LogP contribution in [-0.2, 0) is 5.92 Å². The molecule has 17 heavy (non-hydrogen) atoms. The van der Waals surface area contributed by atoms with Gasteiger partial charge in [0.1, 0.15) is 7.85 Å². The number of allylic oxidation sites excluding steroid dienone is 1. The highest BCUT2D eigenvalue weighted by Gasteiger charge is 2.23. The lowest BCUT2D eigenvalue weighted by atomic mass is 10.0. The fourth-order valence-electron chi connectivity index (χ4n) is 1.16. The van der Waals surface area contributed by atoms with Crippen LogP contribution >= 0.6 is 15.9 Å². The Hall–Kier alpha value is -1.17. The van der Waals surface area contributed by atoms with Crippen molar-refractivity contribution in [3.8, 4) is 0 Å². The molecule has 2 radical (unpaired) electrons. The van der Waals surface area contributed by atoms with Gasteiger partial charge in [-0.05, 0) is 39.7 Å². The highest BCUT2D eigenvalue weighted by molar-refractivity contribution is 9.11. The standard InChI is InChI=1S/C11H10BBrF2N2/c1-11(14,15)7-2-4-8(5-3-7)17-10(13)6-9(12)16/h2-6,16-17H,1H3/b10-6-,16-9?. The van der Waals surface area contributed by atoms with Crippen LogP contribution in [0, 0.1) is 5.41 Å². The van der Waals surface area contributed by atoms with Gasteiger partial charge in [-0.25, -0.2) is 8.78 Å². The van der Waals surface area contributed by atoms with Crippen molar-refractivity contribution in [1.82, 2.24) is 0 Å². The quantitative estimate of drug-likeness (QED) is 0.497. The molecule has 2 nitrogen and oxygen atoms in total. The summed E-state index contributed by atoms with van der Waals surface area (Å²) < 4.78 is 26.4. The smallest absolute Gasteiger partial charge is 0.270 e. The molecule has 2 N–H and O–H groups in total. The largest absolute Gasteiger partial charge is 0.350 e. The van der Waals surface area contributed by atoms with Crippen molar-refractivity contribution in [2.24, 2.45) is 0 Å². The van der Waals surface area contributed by atoms with E-state index in [2.05, 4.69) is 21.2 Å². The Morgan fingerprint density at radius 1 is 1.41 bits per heavy atom. The van der Waals surface area contributed by atoms with Gasteiger partial charge >= 0.3 is 0 Å². The summed E-state index contributed by atoms with van der Waals surface area (Å²) in [4.78, 5) is 0. The Morgan fingerprint density at radius 2 is 1.94 bits per heavy atom. The number of hydrogen-bond acceptors (Lipinski definition) is 2. The van der Waals surface area contributed by atoms with Crippen LogP contribution in [0.25, 0.3) is 0 Å². The molecule has 0 amide bonds. The monoisotopic (exact) mass is 298 g/mol. The molecular formula is C11H10BBrF2N2. The van der Waals surface area contributed by atoms with Crippen molar-refractivity contribution < 1.29 is 8.78 Å². The Labute approximate surface area is 108 Å². The first-order valence-electron chi connectivity index (χ1n) is 4.75. The number of halogens is 3. The maximum Gasteiger partial charge on any atom is 0.270 e. The summed E-state index contributed by atoms with van der Waals surface area (Å²) in [6, 6.07) is 5.75. The number of nitrogens with one attached hydrogen (secondary N) is 2. The summed E-state index contributed by atoms with van der Waals surface area (Å²) in [5, 5.41) is 9.90. The summed E-state index contributed by atoms with van der Waals surface area (Å²) in [7, 11) is 5.17. The van der Waals surface area contributed by atoms with Gasteiger partial charge in [-0.3, -0.25) is 0 Å². The molecule has 0 atom stereocenters. The molecule has 0 spiro atoms. The molecule has 88 valence electrons. The van der Waals surface area contributed by atoms with E-state index in [0.29, 0.717) is 10.3 Å². The average Bonchev–Trinajstić information content (AvgIpc) is 2.15. The Morgan fingerprint density at radius 3 is 2.35 bits per heavy atom. The van der Waals surface area contributed by atoms with Gasteiger partial charge in [0, 0.05) is 18.2 Å². The van der Waals surface area contributed by atoms with E-state index in [0.717, 1.165) is 6.92 Å². The first-order valence-corrected chi connectivity index (χ1v) is 5.55. The summed E-state index contributed by atoms with van der Waals surface area (Å²) in [5.41, 5.74) is 0.471. The van der Waals surface area contributed by atoms with E-state index in [1.54, 1.807) is 0 Å². The number of rotatable bonds is 4. The lowest BCUT2D eigenvalue weighted by Gasteiger charge is -2.11. The molecule has 0 bridgehead atoms. The van der Waals surface area contributed by atoms with Crippen molar-refractivity contribution in [1.29, 1.82) is 5.41 Å². The third-order valence-corrected chi connectivity index (χ3v) is 2.36. The van der Waals surface area contributed by atoms with E-state index in [-0.39, 0.29) is 11.2 Å². The van der Waals surface area contributed by atoms with Gasteiger partial charge in [0.25, 0.3) is 5.92 Å². The summed E-state index contributed by atoms with van der Waals surface area (Å²) >= 11 is 3.15. The van der Waals surface area contributed by atoms with Crippen LogP contribution in [-0.4, -0.2) is 13.5 Å². The molecule has 0 heterocycles. The van der Waals surface area contributed by atoms with Crippen LogP contribution in [0.3, 0.4) is 0 Å². The molecule has 0 saturated heterocycles. The summed E-state index contributed by atoms with van der Waals surface area (Å²) in [6.45, 7) is 0.848. The molecule has 6 heteroatoms. The Balaban J connectivity index is 2.79. The number of anilines is 1. The van der Waals surface area contributed by atoms with E-state index >= 15 is 0 Å². The van der Waals surface area contributed by atoms with Crippen molar-refractivity contribution in [3.63, 3.8) is 0 Å². The van der Waals surface area contributed by atoms with E-state index in [4.69, 9.17) is 13.3 Å². The molecule has 0 fully saturated rings. The number of alkyl halides is 2. The minimum atomic E-state index is -2.84. The van der Waals surface area contributed by atoms with E-state index in [1.807, 2.05) is 0 Å². The molecule has 0 aliphatic rings. The van der Waals surface area contributed by atoms with Crippen LogP contribution in [0.4, 0.5) is 14.5 Å². The maximum atomic E-state index is 12.9. The zero-order chi connectivity index (χ0) is 13.1. The first-order chi connectivity index (χ1) is 7.79. The molecule has 0 aliphatic carbocycles. The topological polar surface area (TPSA) is 35.9 Å². The number of benzene rings is 1. The van der Waals surface area contributed by atoms with Crippen LogP contribution in [0.2, 0.25) is 0 Å².